The van der Waals surface area contributed by atoms with E-state index in [0.717, 1.165) is 29.5 Å². The lowest BCUT2D eigenvalue weighted by Gasteiger charge is -2.16. The molecule has 0 radical (unpaired) electrons. The lowest BCUT2D eigenvalue weighted by molar-refractivity contribution is 0.0972. The van der Waals surface area contributed by atoms with E-state index in [4.69, 9.17) is 16.3 Å². The van der Waals surface area contributed by atoms with Crippen molar-refractivity contribution in [1.82, 2.24) is 0 Å². The molecule has 0 saturated carbocycles. The van der Waals surface area contributed by atoms with Crippen molar-refractivity contribution in [3.05, 3.63) is 63.9 Å². The summed E-state index contributed by atoms with van der Waals surface area (Å²) in [5.74, 6) is 0.371. The Morgan fingerprint density at radius 1 is 1.14 bits per heavy atom. The molecule has 4 heteroatoms. The van der Waals surface area contributed by atoms with E-state index in [1.807, 2.05) is 12.1 Å². The van der Waals surface area contributed by atoms with Crippen LogP contribution in [0.4, 0.5) is 4.39 Å². The van der Waals surface area contributed by atoms with Crippen molar-refractivity contribution < 1.29 is 13.9 Å². The quantitative estimate of drug-likeness (QED) is 0.830. The van der Waals surface area contributed by atoms with Crippen LogP contribution in [0.2, 0.25) is 5.02 Å². The van der Waals surface area contributed by atoms with Gasteiger partial charge in [-0.25, -0.2) is 4.39 Å². The van der Waals surface area contributed by atoms with Gasteiger partial charge in [0.25, 0.3) is 0 Å². The van der Waals surface area contributed by atoms with Crippen molar-refractivity contribution in [2.24, 2.45) is 0 Å². The Morgan fingerprint density at radius 2 is 2.00 bits per heavy atom. The maximum absolute atomic E-state index is 13.1. The van der Waals surface area contributed by atoms with Gasteiger partial charge < -0.3 is 4.74 Å². The van der Waals surface area contributed by atoms with Crippen LogP contribution in [0.3, 0.4) is 0 Å². The van der Waals surface area contributed by atoms with E-state index < -0.39 is 5.82 Å². The Balaban J connectivity index is 1.75. The van der Waals surface area contributed by atoms with Gasteiger partial charge in [-0.3, -0.25) is 4.79 Å². The molecule has 0 atom stereocenters. The van der Waals surface area contributed by atoms with E-state index in [2.05, 4.69) is 0 Å². The number of aryl methyl sites for hydroxylation is 1. The van der Waals surface area contributed by atoms with Crippen molar-refractivity contribution in [3.8, 4) is 5.75 Å². The third kappa shape index (κ3) is 3.08. The summed E-state index contributed by atoms with van der Waals surface area (Å²) in [6, 6.07) is 10.1. The van der Waals surface area contributed by atoms with Crippen molar-refractivity contribution in [2.45, 2.75) is 25.9 Å². The molecule has 0 aliphatic heterocycles. The third-order valence-corrected chi connectivity index (χ3v) is 3.91. The fourth-order valence-electron chi connectivity index (χ4n) is 2.49. The molecule has 0 saturated heterocycles. The first-order valence-corrected chi connectivity index (χ1v) is 7.24. The first-order chi connectivity index (χ1) is 10.1. The zero-order valence-corrected chi connectivity index (χ0v) is 12.1. The number of carbonyl (C=O) groups is 1. The van der Waals surface area contributed by atoms with Crippen LogP contribution in [0, 0.1) is 5.82 Å². The van der Waals surface area contributed by atoms with E-state index in [1.165, 1.54) is 6.07 Å². The largest absolute Gasteiger partial charge is 0.489 e. The number of benzene rings is 2. The van der Waals surface area contributed by atoms with Crippen LogP contribution in [0.25, 0.3) is 0 Å². The van der Waals surface area contributed by atoms with Crippen molar-refractivity contribution in [3.63, 3.8) is 0 Å². The standard InChI is InChI=1S/C17H14ClFO2/c18-15-8-11(4-7-16(15)19)10-21-13-6-5-12-2-1-3-17(20)14(12)9-13/h4-9H,1-3,10H2. The number of hydrogen-bond acceptors (Lipinski definition) is 2. The highest BCUT2D eigenvalue weighted by Crippen LogP contribution is 2.26. The number of halogens is 2. The Hall–Kier alpha value is -1.87. The molecule has 0 N–H and O–H groups in total. The van der Waals surface area contributed by atoms with Crippen LogP contribution in [0.5, 0.6) is 5.75 Å². The second-order valence-electron chi connectivity index (χ2n) is 5.13. The molecule has 21 heavy (non-hydrogen) atoms. The maximum Gasteiger partial charge on any atom is 0.163 e. The van der Waals surface area contributed by atoms with Gasteiger partial charge >= 0.3 is 0 Å². The summed E-state index contributed by atoms with van der Waals surface area (Å²) in [5.41, 5.74) is 2.63. The molecular weight excluding hydrogens is 291 g/mol. The molecule has 2 nitrogen and oxygen atoms in total. The predicted molar refractivity (Wildman–Crippen MR) is 79.5 cm³/mol. The Morgan fingerprint density at radius 3 is 2.81 bits per heavy atom. The summed E-state index contributed by atoms with van der Waals surface area (Å²) in [6.07, 6.45) is 2.46. The molecule has 2 aromatic rings. The topological polar surface area (TPSA) is 26.3 Å². The zero-order chi connectivity index (χ0) is 14.8. The molecule has 0 fully saturated rings. The number of carbonyl (C=O) groups excluding carboxylic acids is 1. The van der Waals surface area contributed by atoms with Crippen LogP contribution in [-0.2, 0) is 13.0 Å². The van der Waals surface area contributed by atoms with Gasteiger partial charge in [0.15, 0.2) is 5.78 Å². The Bertz CT molecular complexity index is 697. The van der Waals surface area contributed by atoms with Gasteiger partial charge in [-0.05, 0) is 48.2 Å². The summed E-state index contributed by atoms with van der Waals surface area (Å²) in [7, 11) is 0. The highest BCUT2D eigenvalue weighted by molar-refractivity contribution is 6.30. The summed E-state index contributed by atoms with van der Waals surface area (Å²) in [5, 5.41) is 0.0803. The minimum Gasteiger partial charge on any atom is -0.489 e. The third-order valence-electron chi connectivity index (χ3n) is 3.62. The Labute approximate surface area is 127 Å². The molecule has 0 amide bonds. The molecular formula is C17H14ClFO2. The molecule has 1 aliphatic rings. The molecule has 108 valence electrons. The van der Waals surface area contributed by atoms with Gasteiger partial charge in [-0.2, -0.15) is 0 Å². The van der Waals surface area contributed by atoms with Crippen LogP contribution in [0.1, 0.15) is 34.3 Å². The molecule has 2 aromatic carbocycles. The second-order valence-corrected chi connectivity index (χ2v) is 5.54. The number of rotatable bonds is 3. The van der Waals surface area contributed by atoms with Crippen molar-refractivity contribution in [1.29, 1.82) is 0 Å². The molecule has 0 aromatic heterocycles. The number of hydrogen-bond donors (Lipinski definition) is 0. The molecule has 0 heterocycles. The number of ketones is 1. The molecule has 0 unspecified atom stereocenters. The average molecular weight is 305 g/mol. The second kappa shape index (κ2) is 5.86. The van der Waals surface area contributed by atoms with Gasteiger partial charge in [-0.15, -0.1) is 0 Å². The molecule has 0 spiro atoms. The molecule has 1 aliphatic carbocycles. The van der Waals surface area contributed by atoms with Gasteiger partial charge in [0, 0.05) is 12.0 Å². The number of fused-ring (bicyclic) bond motifs is 1. The lowest BCUT2D eigenvalue weighted by atomic mass is 9.90. The van der Waals surface area contributed by atoms with E-state index >= 15 is 0 Å². The molecule has 0 bridgehead atoms. The van der Waals surface area contributed by atoms with Crippen LogP contribution >= 0.6 is 11.6 Å². The number of Topliss-reactive ketones (excluding diaryl/α,β-unsaturated/α-hetero) is 1. The Kier molecular flexibility index (Phi) is 3.93. The van der Waals surface area contributed by atoms with Gasteiger partial charge in [0.2, 0.25) is 0 Å². The normalized spacial score (nSPS) is 13.9. The van der Waals surface area contributed by atoms with Crippen LogP contribution in [0.15, 0.2) is 36.4 Å². The fourth-order valence-corrected chi connectivity index (χ4v) is 2.70. The first kappa shape index (κ1) is 14.1. The van der Waals surface area contributed by atoms with Crippen LogP contribution in [-0.4, -0.2) is 5.78 Å². The van der Waals surface area contributed by atoms with E-state index in [-0.39, 0.29) is 17.4 Å². The van der Waals surface area contributed by atoms with E-state index in [1.54, 1.807) is 18.2 Å². The highest BCUT2D eigenvalue weighted by Gasteiger charge is 2.17. The van der Waals surface area contributed by atoms with Crippen LogP contribution < -0.4 is 4.74 Å². The van der Waals surface area contributed by atoms with Crippen molar-refractivity contribution in [2.75, 3.05) is 0 Å². The summed E-state index contributed by atoms with van der Waals surface area (Å²) < 4.78 is 18.8. The monoisotopic (exact) mass is 304 g/mol. The SMILES string of the molecule is O=C1CCCc2ccc(OCc3ccc(F)c(Cl)c3)cc21. The van der Waals surface area contributed by atoms with Gasteiger partial charge in [0.05, 0.1) is 5.02 Å². The first-order valence-electron chi connectivity index (χ1n) is 6.86. The van der Waals surface area contributed by atoms with E-state index in [9.17, 15) is 9.18 Å². The van der Waals surface area contributed by atoms with Crippen molar-refractivity contribution >= 4 is 17.4 Å². The summed E-state index contributed by atoms with van der Waals surface area (Å²) in [6.45, 7) is 0.285. The lowest BCUT2D eigenvalue weighted by Crippen LogP contribution is -2.10. The summed E-state index contributed by atoms with van der Waals surface area (Å²) in [4.78, 5) is 11.9. The smallest absolute Gasteiger partial charge is 0.163 e. The maximum atomic E-state index is 13.1. The highest BCUT2D eigenvalue weighted by atomic mass is 35.5. The predicted octanol–water partition coefficient (Wildman–Crippen LogP) is 4.58. The molecule has 3 rings (SSSR count). The minimum absolute atomic E-state index is 0.0803. The fraction of sp³-hybridized carbons (Fsp3) is 0.235. The minimum atomic E-state index is -0.445. The summed E-state index contributed by atoms with van der Waals surface area (Å²) >= 11 is 5.73. The number of ether oxygens (including phenoxy) is 1. The van der Waals surface area contributed by atoms with Gasteiger partial charge in [-0.1, -0.05) is 23.7 Å². The average Bonchev–Trinajstić information content (AvgIpc) is 2.49. The van der Waals surface area contributed by atoms with Gasteiger partial charge in [0.1, 0.15) is 18.2 Å². The van der Waals surface area contributed by atoms with E-state index in [0.29, 0.717) is 12.2 Å². The zero-order valence-electron chi connectivity index (χ0n) is 11.4.